The second-order valence-electron chi connectivity index (χ2n) is 5.32. The maximum atomic E-state index is 12.1. The Labute approximate surface area is 116 Å². The minimum absolute atomic E-state index is 0.118. The number of hydrogen-bond acceptors (Lipinski definition) is 3. The van der Waals surface area contributed by atoms with Crippen LogP contribution < -0.4 is 0 Å². The molecule has 0 radical (unpaired) electrons. The predicted molar refractivity (Wildman–Crippen MR) is 74.7 cm³/mol. The molecule has 0 saturated carbocycles. The van der Waals surface area contributed by atoms with Crippen LogP contribution in [-0.2, 0) is 14.3 Å². The lowest BCUT2D eigenvalue weighted by Crippen LogP contribution is -2.46. The molecule has 110 valence electrons. The summed E-state index contributed by atoms with van der Waals surface area (Å²) in [5, 5.41) is 0. The van der Waals surface area contributed by atoms with Crippen molar-refractivity contribution in [3.8, 4) is 0 Å². The zero-order chi connectivity index (χ0) is 14.3. The van der Waals surface area contributed by atoms with E-state index in [1.165, 1.54) is 7.11 Å². The molecule has 19 heavy (non-hydrogen) atoms. The lowest BCUT2D eigenvalue weighted by Gasteiger charge is -2.32. The molecule has 1 aliphatic heterocycles. The van der Waals surface area contributed by atoms with E-state index in [-0.39, 0.29) is 24.0 Å². The third-order valence-corrected chi connectivity index (χ3v) is 3.90. The first-order chi connectivity index (χ1) is 9.15. The Morgan fingerprint density at radius 2 is 1.89 bits per heavy atom. The predicted octanol–water partition coefficient (Wildman–Crippen LogP) is 2.90. The molecule has 4 nitrogen and oxygen atoms in total. The van der Waals surface area contributed by atoms with Gasteiger partial charge in [-0.2, -0.15) is 0 Å². The Kier molecular flexibility index (Phi) is 6.89. The lowest BCUT2D eigenvalue weighted by atomic mass is 10.0. The van der Waals surface area contributed by atoms with Gasteiger partial charge >= 0.3 is 5.97 Å². The van der Waals surface area contributed by atoms with Crippen LogP contribution >= 0.6 is 0 Å². The average Bonchev–Trinajstić information content (AvgIpc) is 2.80. The highest BCUT2D eigenvalue weighted by Crippen LogP contribution is 2.27. The van der Waals surface area contributed by atoms with Crippen molar-refractivity contribution in [2.75, 3.05) is 7.11 Å². The number of rotatable bonds is 8. The summed E-state index contributed by atoms with van der Waals surface area (Å²) in [5.41, 5.74) is 0. The number of carbonyl (C=O) groups excluding carboxylic acids is 2. The fourth-order valence-electron chi connectivity index (χ4n) is 2.83. The second-order valence-corrected chi connectivity index (χ2v) is 5.32. The van der Waals surface area contributed by atoms with Gasteiger partial charge < -0.3 is 9.64 Å². The summed E-state index contributed by atoms with van der Waals surface area (Å²) < 4.78 is 4.84. The van der Waals surface area contributed by atoms with Crippen LogP contribution in [-0.4, -0.2) is 36.0 Å². The molecule has 1 fully saturated rings. The number of methoxy groups -OCH3 is 1. The number of likely N-dealkylation sites (tertiary alicyclic amines) is 1. The zero-order valence-electron chi connectivity index (χ0n) is 12.5. The zero-order valence-corrected chi connectivity index (χ0v) is 12.5. The first-order valence-corrected chi connectivity index (χ1v) is 7.54. The fourth-order valence-corrected chi connectivity index (χ4v) is 2.83. The largest absolute Gasteiger partial charge is 0.467 e. The molecule has 1 aliphatic rings. The molecule has 0 aromatic heterocycles. The van der Waals surface area contributed by atoms with Crippen molar-refractivity contribution < 1.29 is 14.3 Å². The minimum Gasteiger partial charge on any atom is -0.467 e. The van der Waals surface area contributed by atoms with Gasteiger partial charge in [0.15, 0.2) is 0 Å². The normalized spacial score (nSPS) is 19.3. The van der Waals surface area contributed by atoms with E-state index >= 15 is 0 Å². The molecular weight excluding hydrogens is 242 g/mol. The van der Waals surface area contributed by atoms with E-state index in [2.05, 4.69) is 13.8 Å². The van der Waals surface area contributed by atoms with E-state index in [1.807, 2.05) is 4.90 Å². The number of ether oxygens (including phenoxy) is 1. The van der Waals surface area contributed by atoms with Crippen LogP contribution in [0.5, 0.6) is 0 Å². The van der Waals surface area contributed by atoms with Crippen molar-refractivity contribution in [3.05, 3.63) is 0 Å². The summed E-state index contributed by atoms with van der Waals surface area (Å²) in [6.07, 6.45) is 7.53. The minimum atomic E-state index is -0.351. The Balaban J connectivity index is 2.76. The monoisotopic (exact) mass is 269 g/mol. The molecule has 4 heteroatoms. The van der Waals surface area contributed by atoms with E-state index in [4.69, 9.17) is 4.74 Å². The summed E-state index contributed by atoms with van der Waals surface area (Å²) in [4.78, 5) is 25.7. The van der Waals surface area contributed by atoms with Gasteiger partial charge in [0.2, 0.25) is 5.91 Å². The van der Waals surface area contributed by atoms with E-state index < -0.39 is 0 Å². The van der Waals surface area contributed by atoms with E-state index in [0.717, 1.165) is 38.5 Å². The van der Waals surface area contributed by atoms with Crippen molar-refractivity contribution in [2.45, 2.75) is 77.3 Å². The van der Waals surface area contributed by atoms with Gasteiger partial charge in [-0.15, -0.1) is 0 Å². The standard InChI is InChI=1S/C15H27NO3/c1-4-6-8-12(9-7-5-2)16-13(15(18)19-3)10-11-14(16)17/h12-13H,4-11H2,1-3H3. The van der Waals surface area contributed by atoms with Gasteiger partial charge in [0.25, 0.3) is 0 Å². The van der Waals surface area contributed by atoms with Crippen molar-refractivity contribution in [1.82, 2.24) is 4.90 Å². The van der Waals surface area contributed by atoms with E-state index in [9.17, 15) is 9.59 Å². The molecule has 1 heterocycles. The second kappa shape index (κ2) is 8.18. The SMILES string of the molecule is CCCCC(CCCC)N1C(=O)CCC1C(=O)OC. The Morgan fingerprint density at radius 3 is 2.37 bits per heavy atom. The van der Waals surface area contributed by atoms with Crippen LogP contribution in [0.1, 0.15) is 65.2 Å². The average molecular weight is 269 g/mol. The summed E-state index contributed by atoms with van der Waals surface area (Å²) in [7, 11) is 1.40. The van der Waals surface area contributed by atoms with E-state index in [1.54, 1.807) is 0 Å². The Morgan fingerprint density at radius 1 is 1.32 bits per heavy atom. The molecule has 0 aliphatic carbocycles. The Bertz CT molecular complexity index is 296. The van der Waals surface area contributed by atoms with Crippen molar-refractivity contribution in [3.63, 3.8) is 0 Å². The molecular formula is C15H27NO3. The third kappa shape index (κ3) is 4.22. The topological polar surface area (TPSA) is 46.6 Å². The van der Waals surface area contributed by atoms with Crippen LogP contribution in [0.15, 0.2) is 0 Å². The van der Waals surface area contributed by atoms with E-state index in [0.29, 0.717) is 12.8 Å². The first kappa shape index (κ1) is 16.0. The molecule has 1 unspecified atom stereocenters. The number of carbonyl (C=O) groups is 2. The molecule has 0 bridgehead atoms. The molecule has 1 atom stereocenters. The third-order valence-electron chi connectivity index (χ3n) is 3.90. The number of hydrogen-bond donors (Lipinski definition) is 0. The molecule has 0 N–H and O–H groups in total. The van der Waals surface area contributed by atoms with Crippen molar-refractivity contribution in [2.24, 2.45) is 0 Å². The van der Waals surface area contributed by atoms with Crippen LogP contribution in [0.25, 0.3) is 0 Å². The van der Waals surface area contributed by atoms with Crippen LogP contribution in [0.3, 0.4) is 0 Å². The maximum absolute atomic E-state index is 12.1. The van der Waals surface area contributed by atoms with Gasteiger partial charge in [-0.1, -0.05) is 39.5 Å². The van der Waals surface area contributed by atoms with Gasteiger partial charge in [0.1, 0.15) is 6.04 Å². The van der Waals surface area contributed by atoms with Crippen LogP contribution in [0.2, 0.25) is 0 Å². The summed E-state index contributed by atoms with van der Waals surface area (Å²) in [5.74, 6) is -0.142. The van der Waals surface area contributed by atoms with Crippen molar-refractivity contribution >= 4 is 11.9 Å². The van der Waals surface area contributed by atoms with Gasteiger partial charge in [-0.05, 0) is 19.3 Å². The smallest absolute Gasteiger partial charge is 0.328 e. The molecule has 1 rings (SSSR count). The highest BCUT2D eigenvalue weighted by atomic mass is 16.5. The molecule has 1 amide bonds. The number of amides is 1. The number of esters is 1. The molecule has 0 spiro atoms. The number of nitrogens with zero attached hydrogens (tertiary/aromatic N) is 1. The summed E-state index contributed by atoms with van der Waals surface area (Å²) in [6, 6.07) is -0.143. The molecule has 0 aromatic rings. The first-order valence-electron chi connectivity index (χ1n) is 7.54. The van der Waals surface area contributed by atoms with Gasteiger partial charge in [-0.3, -0.25) is 4.79 Å². The molecule has 1 saturated heterocycles. The maximum Gasteiger partial charge on any atom is 0.328 e. The quantitative estimate of drug-likeness (QED) is 0.636. The van der Waals surface area contributed by atoms with Crippen LogP contribution in [0.4, 0.5) is 0 Å². The van der Waals surface area contributed by atoms with Gasteiger partial charge in [-0.25, -0.2) is 4.79 Å². The summed E-state index contributed by atoms with van der Waals surface area (Å²) in [6.45, 7) is 4.31. The fraction of sp³-hybridized carbons (Fsp3) is 0.867. The Hall–Kier alpha value is -1.06. The van der Waals surface area contributed by atoms with Gasteiger partial charge in [0.05, 0.1) is 7.11 Å². The van der Waals surface area contributed by atoms with Gasteiger partial charge in [0, 0.05) is 12.5 Å². The summed E-state index contributed by atoms with van der Waals surface area (Å²) >= 11 is 0. The highest BCUT2D eigenvalue weighted by molar-refractivity contribution is 5.88. The lowest BCUT2D eigenvalue weighted by molar-refractivity contribution is -0.151. The number of unbranched alkanes of at least 4 members (excludes halogenated alkanes) is 2. The van der Waals surface area contributed by atoms with Crippen molar-refractivity contribution in [1.29, 1.82) is 0 Å². The van der Waals surface area contributed by atoms with Crippen LogP contribution in [0, 0.1) is 0 Å². The molecule has 0 aromatic carbocycles. The highest BCUT2D eigenvalue weighted by Gasteiger charge is 2.40.